The lowest BCUT2D eigenvalue weighted by molar-refractivity contribution is 1.25. The fourth-order valence-corrected chi connectivity index (χ4v) is 0.505. The molecule has 0 saturated carbocycles. The third kappa shape index (κ3) is 2.62. The summed E-state index contributed by atoms with van der Waals surface area (Å²) < 4.78 is 0. The molecule has 0 aliphatic carbocycles. The Hall–Kier alpha value is -1.14. The Morgan fingerprint density at radius 2 is 2.44 bits per heavy atom. The third-order valence-electron chi connectivity index (χ3n) is 0.899. The van der Waals surface area contributed by atoms with E-state index >= 15 is 0 Å². The summed E-state index contributed by atoms with van der Waals surface area (Å²) in [6.07, 6.45) is 8.15. The van der Waals surface area contributed by atoms with Crippen LogP contribution in [0.15, 0.2) is 28.3 Å². The summed E-state index contributed by atoms with van der Waals surface area (Å²) in [5, 5.41) is 0. The van der Waals surface area contributed by atoms with Gasteiger partial charge in [0, 0.05) is 18.8 Å². The van der Waals surface area contributed by atoms with Gasteiger partial charge >= 0.3 is 0 Å². The molecule has 0 spiro atoms. The second-order valence-corrected chi connectivity index (χ2v) is 1.63. The molecule has 0 N–H and O–H groups in total. The molecule has 0 aromatic carbocycles. The largest absolute Gasteiger partial charge is 0.269 e. The molecule has 1 heterocycles. The van der Waals surface area contributed by atoms with Gasteiger partial charge < -0.3 is 0 Å². The minimum atomic E-state index is 0.688. The molecular formula is C7H8N2. The second-order valence-electron chi connectivity index (χ2n) is 1.63. The van der Waals surface area contributed by atoms with E-state index in [1.807, 2.05) is 18.4 Å². The monoisotopic (exact) mass is 120 g/mol. The third-order valence-corrected chi connectivity index (χ3v) is 0.899. The lowest BCUT2D eigenvalue weighted by atomic mass is 10.5. The van der Waals surface area contributed by atoms with Gasteiger partial charge in [-0.05, 0) is 18.0 Å². The Morgan fingerprint density at radius 3 is 3.44 bits per heavy atom. The second kappa shape index (κ2) is 3.81. The molecule has 0 atom stereocenters. The zero-order chi connectivity index (χ0) is 6.36. The minimum absolute atomic E-state index is 0.688. The van der Waals surface area contributed by atoms with Gasteiger partial charge in [-0.25, -0.2) is 4.99 Å². The topological polar surface area (TPSA) is 24.7 Å². The molecule has 2 heteroatoms. The molecule has 0 unspecified atom stereocenters. The van der Waals surface area contributed by atoms with Crippen molar-refractivity contribution in [3.05, 3.63) is 18.4 Å². The highest BCUT2D eigenvalue weighted by atomic mass is 14.7. The lowest BCUT2D eigenvalue weighted by Crippen LogP contribution is -1.66. The first-order valence-corrected chi connectivity index (χ1v) is 2.90. The van der Waals surface area contributed by atoms with Crippen molar-refractivity contribution in [2.24, 2.45) is 9.98 Å². The summed E-state index contributed by atoms with van der Waals surface area (Å²) >= 11 is 0. The Morgan fingerprint density at radius 1 is 1.44 bits per heavy atom. The molecule has 9 heavy (non-hydrogen) atoms. The Labute approximate surface area is 54.3 Å². The van der Waals surface area contributed by atoms with Crippen molar-refractivity contribution < 1.29 is 0 Å². The molecule has 0 amide bonds. The average molecular weight is 120 g/mol. The smallest absolute Gasteiger partial charge is 0.0682 e. The van der Waals surface area contributed by atoms with Crippen LogP contribution < -0.4 is 0 Å². The van der Waals surface area contributed by atoms with Crippen LogP contribution in [0.5, 0.6) is 0 Å². The summed E-state index contributed by atoms with van der Waals surface area (Å²) in [5.41, 5.74) is 0. The number of allylic oxidation sites excluding steroid dienone is 1. The van der Waals surface area contributed by atoms with E-state index in [1.54, 1.807) is 6.20 Å². The number of hydrogen-bond donors (Lipinski definition) is 0. The SMILES string of the molecule is C1=CCC=N/C=C\CN=1. The van der Waals surface area contributed by atoms with Gasteiger partial charge in [0.15, 0.2) is 0 Å². The summed E-state index contributed by atoms with van der Waals surface area (Å²) in [4.78, 5) is 7.87. The standard InChI is InChI=1S/C7H8N2/c1-2-5-9-7-3-6-8-4-1/h1,3,5,7H,2,6H2/b7-3-,9-5?. The Bertz CT molecular complexity index is 165. The molecular weight excluding hydrogens is 112 g/mol. The van der Waals surface area contributed by atoms with Gasteiger partial charge in [0.25, 0.3) is 0 Å². The molecule has 1 aliphatic rings. The van der Waals surface area contributed by atoms with Gasteiger partial charge in [0.1, 0.15) is 0 Å². The van der Waals surface area contributed by atoms with Gasteiger partial charge in [0.05, 0.1) is 6.54 Å². The first kappa shape index (κ1) is 5.99. The maximum atomic E-state index is 3.95. The molecule has 1 rings (SSSR count). The van der Waals surface area contributed by atoms with E-state index in [0.717, 1.165) is 6.42 Å². The molecule has 1 aliphatic heterocycles. The fraction of sp³-hybridized carbons (Fsp3) is 0.286. The lowest BCUT2D eigenvalue weighted by Gasteiger charge is -1.73. The number of hydrogen-bond acceptors (Lipinski definition) is 2. The maximum absolute atomic E-state index is 3.95. The predicted octanol–water partition coefficient (Wildman–Crippen LogP) is 1.20. The highest BCUT2D eigenvalue weighted by molar-refractivity contribution is 5.66. The van der Waals surface area contributed by atoms with E-state index in [1.165, 1.54) is 0 Å². The quantitative estimate of drug-likeness (QED) is 0.459. The van der Waals surface area contributed by atoms with Gasteiger partial charge in [-0.15, -0.1) is 0 Å². The van der Waals surface area contributed by atoms with Gasteiger partial charge in [-0.3, -0.25) is 4.99 Å². The first-order chi connectivity index (χ1) is 4.50. The normalized spacial score (nSPS) is 20.4. The van der Waals surface area contributed by atoms with Gasteiger partial charge in [-0.1, -0.05) is 0 Å². The van der Waals surface area contributed by atoms with Crippen LogP contribution in [0.2, 0.25) is 0 Å². The van der Waals surface area contributed by atoms with Crippen molar-refractivity contribution in [2.75, 3.05) is 6.54 Å². The predicted molar refractivity (Wildman–Crippen MR) is 39.1 cm³/mol. The fourth-order valence-electron chi connectivity index (χ4n) is 0.505. The summed E-state index contributed by atoms with van der Waals surface area (Å²) in [7, 11) is 0. The van der Waals surface area contributed by atoms with E-state index in [4.69, 9.17) is 0 Å². The summed E-state index contributed by atoms with van der Waals surface area (Å²) in [6.45, 7) is 0.688. The van der Waals surface area contributed by atoms with Crippen molar-refractivity contribution in [2.45, 2.75) is 6.42 Å². The highest BCUT2D eigenvalue weighted by Crippen LogP contribution is 1.81. The number of nitrogens with zero attached hydrogens (tertiary/aromatic N) is 2. The molecule has 0 bridgehead atoms. The van der Waals surface area contributed by atoms with Gasteiger partial charge in [0.2, 0.25) is 0 Å². The molecule has 0 saturated heterocycles. The van der Waals surface area contributed by atoms with Crippen LogP contribution in [0.1, 0.15) is 6.42 Å². The highest BCUT2D eigenvalue weighted by Gasteiger charge is 1.72. The first-order valence-electron chi connectivity index (χ1n) is 2.90. The van der Waals surface area contributed by atoms with E-state index < -0.39 is 0 Å². The zero-order valence-electron chi connectivity index (χ0n) is 5.12. The van der Waals surface area contributed by atoms with E-state index in [0.29, 0.717) is 6.54 Å². The van der Waals surface area contributed by atoms with Crippen LogP contribution in [-0.2, 0) is 0 Å². The Kier molecular flexibility index (Phi) is 2.54. The maximum Gasteiger partial charge on any atom is 0.0682 e. The van der Waals surface area contributed by atoms with E-state index in [-0.39, 0.29) is 0 Å². The van der Waals surface area contributed by atoms with Crippen LogP contribution in [0, 0.1) is 0 Å². The van der Waals surface area contributed by atoms with Crippen molar-refractivity contribution in [1.82, 2.24) is 0 Å². The number of rotatable bonds is 0. The zero-order valence-corrected chi connectivity index (χ0v) is 5.12. The average Bonchev–Trinajstić information content (AvgIpc) is 2.00. The van der Waals surface area contributed by atoms with Crippen LogP contribution in [-0.4, -0.2) is 18.6 Å². The van der Waals surface area contributed by atoms with E-state index in [2.05, 4.69) is 15.9 Å². The van der Waals surface area contributed by atoms with Crippen molar-refractivity contribution in [3.63, 3.8) is 0 Å². The van der Waals surface area contributed by atoms with Crippen molar-refractivity contribution in [1.29, 1.82) is 0 Å². The molecule has 0 aromatic rings. The van der Waals surface area contributed by atoms with Crippen LogP contribution in [0.25, 0.3) is 0 Å². The summed E-state index contributed by atoms with van der Waals surface area (Å²) in [6, 6.07) is 0. The Balaban J connectivity index is 2.60. The van der Waals surface area contributed by atoms with E-state index in [9.17, 15) is 0 Å². The molecule has 0 aromatic heterocycles. The minimum Gasteiger partial charge on any atom is -0.269 e. The van der Waals surface area contributed by atoms with Crippen molar-refractivity contribution >= 4 is 12.1 Å². The van der Waals surface area contributed by atoms with Gasteiger partial charge in [-0.2, -0.15) is 0 Å². The van der Waals surface area contributed by atoms with Crippen LogP contribution in [0.4, 0.5) is 0 Å². The molecule has 46 valence electrons. The summed E-state index contributed by atoms with van der Waals surface area (Å²) in [5.74, 6) is 2.78. The molecule has 0 radical (unpaired) electrons. The van der Waals surface area contributed by atoms with Crippen LogP contribution in [0.3, 0.4) is 0 Å². The van der Waals surface area contributed by atoms with Crippen molar-refractivity contribution in [3.8, 4) is 0 Å². The number of aliphatic imine (C=N–C) groups is 2. The molecule has 2 nitrogen and oxygen atoms in total. The van der Waals surface area contributed by atoms with Crippen LogP contribution >= 0.6 is 0 Å². The molecule has 0 fully saturated rings.